The fourth-order valence-electron chi connectivity index (χ4n) is 3.42. The molecule has 2 aromatic rings. The van der Waals surface area contributed by atoms with E-state index >= 15 is 0 Å². The van der Waals surface area contributed by atoms with Crippen LogP contribution in [0.25, 0.3) is 5.69 Å². The summed E-state index contributed by atoms with van der Waals surface area (Å²) in [5.41, 5.74) is -0.889. The first-order valence-electron chi connectivity index (χ1n) is 9.14. The highest BCUT2D eigenvalue weighted by Gasteiger charge is 2.14. The van der Waals surface area contributed by atoms with E-state index in [1.807, 2.05) is 0 Å². The molecule has 0 atom stereocenters. The van der Waals surface area contributed by atoms with Crippen molar-refractivity contribution in [1.29, 1.82) is 0 Å². The molecule has 1 aromatic heterocycles. The van der Waals surface area contributed by atoms with Crippen LogP contribution >= 0.6 is 11.6 Å². The molecular weight excluding hydrogens is 368 g/mol. The van der Waals surface area contributed by atoms with E-state index in [4.69, 9.17) is 11.6 Å². The first kappa shape index (κ1) is 19.4. The minimum atomic E-state index is -0.776. The summed E-state index contributed by atoms with van der Waals surface area (Å²) in [5.74, 6) is -0.669. The van der Waals surface area contributed by atoms with Gasteiger partial charge in [0.15, 0.2) is 0 Å². The van der Waals surface area contributed by atoms with Crippen LogP contribution < -0.4 is 21.3 Å². The van der Waals surface area contributed by atoms with Crippen LogP contribution in [0.15, 0.2) is 38.8 Å². The molecule has 0 saturated carbocycles. The van der Waals surface area contributed by atoms with Gasteiger partial charge in [-0.2, -0.15) is 0 Å². The zero-order valence-corrected chi connectivity index (χ0v) is 16.0. The van der Waals surface area contributed by atoms with Crippen molar-refractivity contribution in [1.82, 2.24) is 9.55 Å². The fraction of sp³-hybridized carbons (Fsp3) is 0.421. The average molecular weight is 391 g/mol. The Bertz CT molecular complexity index is 941. The standard InChI is InChI=1S/C19H23ClN4O3/c1-13(21-9-12-23-10-3-2-4-11-23)16-17(25)22-19(27)24(18(16)26)15-7-5-14(20)6-8-15/h5-8,26H,2-4,9-12H2,1H3,(H,22,25,27). The third-order valence-corrected chi connectivity index (χ3v) is 5.14. The summed E-state index contributed by atoms with van der Waals surface area (Å²) >= 11 is 5.86. The molecule has 8 heteroatoms. The number of piperidine rings is 1. The van der Waals surface area contributed by atoms with Crippen molar-refractivity contribution in [3.63, 3.8) is 0 Å². The van der Waals surface area contributed by atoms with Gasteiger partial charge in [-0.3, -0.25) is 19.3 Å². The predicted octanol–water partition coefficient (Wildman–Crippen LogP) is 0.131. The number of aliphatic imine (C=N–C) groups is 1. The number of likely N-dealkylation sites (tertiary alicyclic amines) is 1. The molecule has 7 nitrogen and oxygen atoms in total. The zero-order chi connectivity index (χ0) is 19.4. The lowest BCUT2D eigenvalue weighted by atomic mass is 10.1. The summed E-state index contributed by atoms with van der Waals surface area (Å²) in [6, 6.07) is 6.27. The Balaban J connectivity index is 1.89. The number of aromatic amines is 1. The minimum Gasteiger partial charge on any atom is -0.859 e. The molecular formula is C19H23ClN4O3. The Hall–Kier alpha value is -2.38. The van der Waals surface area contributed by atoms with Crippen LogP contribution in [0.5, 0.6) is 5.88 Å². The van der Waals surface area contributed by atoms with Crippen LogP contribution in [0, 0.1) is 0 Å². The summed E-state index contributed by atoms with van der Waals surface area (Å²) < 4.78 is 0.933. The molecule has 144 valence electrons. The van der Waals surface area contributed by atoms with Gasteiger partial charge in [-0.15, -0.1) is 0 Å². The molecule has 1 aliphatic heterocycles. The number of halogens is 1. The monoisotopic (exact) mass is 390 g/mol. The molecule has 0 bridgehead atoms. The molecule has 3 rings (SSSR count). The van der Waals surface area contributed by atoms with Crippen molar-refractivity contribution in [3.8, 4) is 11.6 Å². The van der Waals surface area contributed by atoms with E-state index in [9.17, 15) is 14.7 Å². The van der Waals surface area contributed by atoms with E-state index < -0.39 is 17.1 Å². The van der Waals surface area contributed by atoms with Gasteiger partial charge in [-0.1, -0.05) is 11.6 Å². The predicted molar refractivity (Wildman–Crippen MR) is 104 cm³/mol. The lowest BCUT2D eigenvalue weighted by Gasteiger charge is -2.23. The molecule has 0 unspecified atom stereocenters. The fourth-order valence-corrected chi connectivity index (χ4v) is 3.55. The SMILES string of the molecule is CC(=NCC[NH+]1CCCCC1)c1c([O-])n(-c2ccc(Cl)cc2)c(=O)[nH]c1=O. The van der Waals surface area contributed by atoms with Gasteiger partial charge in [0.25, 0.3) is 5.56 Å². The Kier molecular flexibility index (Phi) is 6.13. The maximum Gasteiger partial charge on any atom is 0.332 e. The lowest BCUT2D eigenvalue weighted by molar-refractivity contribution is -0.903. The van der Waals surface area contributed by atoms with Crippen molar-refractivity contribution in [2.24, 2.45) is 4.99 Å². The second kappa shape index (κ2) is 8.54. The molecule has 2 N–H and O–H groups in total. The first-order valence-corrected chi connectivity index (χ1v) is 9.52. The van der Waals surface area contributed by atoms with E-state index in [0.717, 1.165) is 24.2 Å². The molecule has 1 saturated heterocycles. The van der Waals surface area contributed by atoms with Gasteiger partial charge >= 0.3 is 5.69 Å². The highest BCUT2D eigenvalue weighted by atomic mass is 35.5. The normalized spacial score (nSPS) is 15.9. The van der Waals surface area contributed by atoms with E-state index in [1.165, 1.54) is 24.2 Å². The van der Waals surface area contributed by atoms with Crippen LogP contribution in [0.1, 0.15) is 31.7 Å². The molecule has 1 aromatic carbocycles. The molecule has 27 heavy (non-hydrogen) atoms. The van der Waals surface area contributed by atoms with E-state index in [0.29, 0.717) is 23.0 Å². The zero-order valence-electron chi connectivity index (χ0n) is 15.3. The molecule has 0 amide bonds. The Morgan fingerprint density at radius 2 is 1.89 bits per heavy atom. The van der Waals surface area contributed by atoms with Crippen molar-refractivity contribution in [3.05, 3.63) is 55.7 Å². The molecule has 1 fully saturated rings. The second-order valence-corrected chi connectivity index (χ2v) is 7.22. The molecule has 2 heterocycles. The van der Waals surface area contributed by atoms with Crippen molar-refractivity contribution < 1.29 is 10.0 Å². The summed E-state index contributed by atoms with van der Waals surface area (Å²) in [7, 11) is 0. The van der Waals surface area contributed by atoms with Gasteiger partial charge in [0.2, 0.25) is 0 Å². The number of hydrogen-bond donors (Lipinski definition) is 2. The molecule has 0 spiro atoms. The van der Waals surface area contributed by atoms with Crippen molar-refractivity contribution >= 4 is 17.3 Å². The van der Waals surface area contributed by atoms with Crippen LogP contribution in [0.4, 0.5) is 0 Å². The van der Waals surface area contributed by atoms with E-state index in [1.54, 1.807) is 31.2 Å². The Labute approximate surface area is 161 Å². The Morgan fingerprint density at radius 3 is 2.56 bits per heavy atom. The highest BCUT2D eigenvalue weighted by Crippen LogP contribution is 2.17. The maximum absolute atomic E-state index is 12.8. The van der Waals surface area contributed by atoms with Gasteiger partial charge < -0.3 is 10.0 Å². The van der Waals surface area contributed by atoms with Crippen LogP contribution in [0.3, 0.4) is 0 Å². The van der Waals surface area contributed by atoms with E-state index in [2.05, 4.69) is 9.98 Å². The number of rotatable bonds is 5. The topological polar surface area (TPSA) is 94.7 Å². The van der Waals surface area contributed by atoms with Gasteiger partial charge in [-0.05, 0) is 56.3 Å². The lowest BCUT2D eigenvalue weighted by Crippen LogP contribution is -3.13. The number of nitrogens with one attached hydrogen (secondary N) is 2. The van der Waals surface area contributed by atoms with Crippen LogP contribution in [-0.4, -0.2) is 41.4 Å². The van der Waals surface area contributed by atoms with Crippen LogP contribution in [-0.2, 0) is 0 Å². The highest BCUT2D eigenvalue weighted by molar-refractivity contribution is 6.30. The Morgan fingerprint density at radius 1 is 1.22 bits per heavy atom. The molecule has 1 aliphatic rings. The number of hydrogen-bond acceptors (Lipinski definition) is 4. The van der Waals surface area contributed by atoms with Gasteiger partial charge in [0.05, 0.1) is 31.7 Å². The first-order chi connectivity index (χ1) is 13.0. The third-order valence-electron chi connectivity index (χ3n) is 4.89. The van der Waals surface area contributed by atoms with Crippen molar-refractivity contribution in [2.45, 2.75) is 26.2 Å². The number of aromatic nitrogens is 2. The smallest absolute Gasteiger partial charge is 0.332 e. The minimum absolute atomic E-state index is 0.0989. The number of H-pyrrole nitrogens is 1. The largest absolute Gasteiger partial charge is 0.859 e. The molecule has 0 aliphatic carbocycles. The number of nitrogens with zero attached hydrogens (tertiary/aromatic N) is 2. The van der Waals surface area contributed by atoms with Crippen LogP contribution in [0.2, 0.25) is 5.02 Å². The van der Waals surface area contributed by atoms with Crippen molar-refractivity contribution in [2.75, 3.05) is 26.2 Å². The van der Waals surface area contributed by atoms with Gasteiger partial charge in [0, 0.05) is 16.4 Å². The summed E-state index contributed by atoms with van der Waals surface area (Å²) in [6.45, 7) is 5.33. The summed E-state index contributed by atoms with van der Waals surface area (Å²) in [5, 5.41) is 13.3. The van der Waals surface area contributed by atoms with Gasteiger partial charge in [0.1, 0.15) is 0 Å². The average Bonchev–Trinajstić information content (AvgIpc) is 2.64. The van der Waals surface area contributed by atoms with Gasteiger partial charge in [-0.25, -0.2) is 4.79 Å². The summed E-state index contributed by atoms with van der Waals surface area (Å²) in [6.07, 6.45) is 3.75. The number of quaternary nitrogens is 1. The number of benzene rings is 1. The molecule has 0 radical (unpaired) electrons. The quantitative estimate of drug-likeness (QED) is 0.710. The third kappa shape index (κ3) is 4.48. The maximum atomic E-state index is 12.8. The second-order valence-electron chi connectivity index (χ2n) is 6.78. The summed E-state index contributed by atoms with van der Waals surface area (Å²) in [4.78, 5) is 32.5. The van der Waals surface area contributed by atoms with E-state index in [-0.39, 0.29) is 5.56 Å².